The van der Waals surface area contributed by atoms with Crippen LogP contribution >= 0.6 is 11.3 Å². The van der Waals surface area contributed by atoms with Crippen molar-refractivity contribution < 1.29 is 14.6 Å². The molecule has 2 rings (SSSR count). The number of hydrogen-bond acceptors (Lipinski definition) is 5. The maximum Gasteiger partial charge on any atom is 0.256 e. The van der Waals surface area contributed by atoms with Gasteiger partial charge >= 0.3 is 0 Å². The molecular formula is C17H22N2O3S. The van der Waals surface area contributed by atoms with E-state index in [0.29, 0.717) is 24.0 Å². The predicted molar refractivity (Wildman–Crippen MR) is 90.8 cm³/mol. The number of thiophene rings is 1. The largest absolute Gasteiger partial charge is 0.477 e. The average molecular weight is 334 g/mol. The highest BCUT2D eigenvalue weighted by Gasteiger charge is 2.25. The molecule has 0 saturated carbocycles. The first-order valence-electron chi connectivity index (χ1n) is 7.51. The molecule has 0 bridgehead atoms. The number of rotatable bonds is 7. The Balaban J connectivity index is 2.03. The van der Waals surface area contributed by atoms with Crippen LogP contribution in [0.2, 0.25) is 0 Å². The van der Waals surface area contributed by atoms with Crippen molar-refractivity contribution in [1.29, 1.82) is 0 Å². The van der Waals surface area contributed by atoms with E-state index in [4.69, 9.17) is 4.74 Å². The quantitative estimate of drug-likeness (QED) is 0.817. The maximum absolute atomic E-state index is 12.4. The minimum Gasteiger partial charge on any atom is -0.477 e. The highest BCUT2D eigenvalue weighted by molar-refractivity contribution is 7.08. The number of carbonyl (C=O) groups is 1. The molecule has 23 heavy (non-hydrogen) atoms. The fourth-order valence-corrected chi connectivity index (χ4v) is 2.73. The summed E-state index contributed by atoms with van der Waals surface area (Å²) in [7, 11) is 0. The predicted octanol–water partition coefficient (Wildman–Crippen LogP) is 2.82. The van der Waals surface area contributed by atoms with Gasteiger partial charge in [0.05, 0.1) is 13.2 Å². The molecule has 2 heterocycles. The molecule has 2 N–H and O–H groups in total. The molecule has 0 fully saturated rings. The van der Waals surface area contributed by atoms with E-state index in [2.05, 4.69) is 10.3 Å². The van der Waals surface area contributed by atoms with Crippen molar-refractivity contribution in [1.82, 2.24) is 10.3 Å². The number of carbonyl (C=O) groups excluding carboxylic acids is 1. The highest BCUT2D eigenvalue weighted by Crippen LogP contribution is 2.22. The lowest BCUT2D eigenvalue weighted by Gasteiger charge is -2.23. The maximum atomic E-state index is 12.4. The Bertz CT molecular complexity index is 639. The van der Waals surface area contributed by atoms with Gasteiger partial charge in [0, 0.05) is 6.20 Å². The van der Waals surface area contributed by atoms with Crippen molar-refractivity contribution in [3.05, 3.63) is 46.3 Å². The molecule has 124 valence electrons. The molecule has 1 unspecified atom stereocenters. The van der Waals surface area contributed by atoms with Gasteiger partial charge in [-0.3, -0.25) is 4.79 Å². The van der Waals surface area contributed by atoms with Gasteiger partial charge in [-0.05, 0) is 47.4 Å². The Morgan fingerprint density at radius 1 is 1.48 bits per heavy atom. The Morgan fingerprint density at radius 2 is 2.26 bits per heavy atom. The summed E-state index contributed by atoms with van der Waals surface area (Å²) in [4.78, 5) is 16.5. The topological polar surface area (TPSA) is 71.5 Å². The minimum absolute atomic E-state index is 0.112. The van der Waals surface area contributed by atoms with Gasteiger partial charge in [0.25, 0.3) is 5.91 Å². The Morgan fingerprint density at radius 3 is 2.91 bits per heavy atom. The summed E-state index contributed by atoms with van der Waals surface area (Å²) in [5.74, 6) is 0.341. The molecule has 5 nitrogen and oxygen atoms in total. The monoisotopic (exact) mass is 334 g/mol. The van der Waals surface area contributed by atoms with Crippen LogP contribution in [0.4, 0.5) is 0 Å². The molecule has 0 spiro atoms. The highest BCUT2D eigenvalue weighted by atomic mass is 32.1. The van der Waals surface area contributed by atoms with E-state index in [1.165, 1.54) is 11.3 Å². The Hall–Kier alpha value is -1.92. The molecule has 1 amide bonds. The zero-order valence-electron chi connectivity index (χ0n) is 13.6. The lowest BCUT2D eigenvalue weighted by Crippen LogP contribution is -2.38. The summed E-state index contributed by atoms with van der Waals surface area (Å²) >= 11 is 1.51. The number of nitrogens with one attached hydrogen (secondary N) is 1. The first-order valence-corrected chi connectivity index (χ1v) is 8.45. The van der Waals surface area contributed by atoms with Gasteiger partial charge in [-0.15, -0.1) is 0 Å². The van der Waals surface area contributed by atoms with E-state index in [9.17, 15) is 9.90 Å². The van der Waals surface area contributed by atoms with Crippen LogP contribution in [0.25, 0.3) is 0 Å². The van der Waals surface area contributed by atoms with E-state index in [1.54, 1.807) is 25.3 Å². The molecule has 0 radical (unpaired) electrons. The van der Waals surface area contributed by atoms with Gasteiger partial charge in [0.1, 0.15) is 11.2 Å². The Kier molecular flexibility index (Phi) is 5.74. The average Bonchev–Trinajstić information content (AvgIpc) is 3.06. The molecule has 0 aliphatic rings. The summed E-state index contributed by atoms with van der Waals surface area (Å²) < 4.78 is 5.59. The summed E-state index contributed by atoms with van der Waals surface area (Å²) in [5.41, 5.74) is 0.0381. The van der Waals surface area contributed by atoms with Gasteiger partial charge in [0.15, 0.2) is 0 Å². The molecule has 0 aromatic carbocycles. The first-order chi connectivity index (χ1) is 10.9. The van der Waals surface area contributed by atoms with Crippen LogP contribution in [-0.2, 0) is 5.60 Å². The lowest BCUT2D eigenvalue weighted by atomic mass is 9.99. The number of ether oxygens (including phenoxy) is 1. The van der Waals surface area contributed by atoms with Crippen molar-refractivity contribution in [3.8, 4) is 5.88 Å². The van der Waals surface area contributed by atoms with Gasteiger partial charge in [-0.2, -0.15) is 11.3 Å². The van der Waals surface area contributed by atoms with Crippen molar-refractivity contribution in [3.63, 3.8) is 0 Å². The summed E-state index contributed by atoms with van der Waals surface area (Å²) in [6.07, 6.45) is 1.59. The van der Waals surface area contributed by atoms with E-state index in [-0.39, 0.29) is 12.5 Å². The van der Waals surface area contributed by atoms with Gasteiger partial charge < -0.3 is 15.2 Å². The second-order valence-electron chi connectivity index (χ2n) is 6.03. The number of hydrogen-bond donors (Lipinski definition) is 2. The van der Waals surface area contributed by atoms with E-state index >= 15 is 0 Å². The van der Waals surface area contributed by atoms with E-state index in [0.717, 1.165) is 5.56 Å². The van der Waals surface area contributed by atoms with Gasteiger partial charge in [0.2, 0.25) is 5.88 Å². The van der Waals surface area contributed by atoms with E-state index in [1.807, 2.05) is 30.7 Å². The van der Waals surface area contributed by atoms with Gasteiger partial charge in [-0.25, -0.2) is 4.98 Å². The molecule has 0 aliphatic heterocycles. The third-order valence-corrected chi connectivity index (χ3v) is 3.99. The zero-order chi connectivity index (χ0) is 16.9. The summed E-state index contributed by atoms with van der Waals surface area (Å²) in [6, 6.07) is 5.20. The number of nitrogens with zero attached hydrogens (tertiary/aromatic N) is 1. The van der Waals surface area contributed by atoms with Gasteiger partial charge in [-0.1, -0.05) is 13.8 Å². The minimum atomic E-state index is -1.11. The molecular weight excluding hydrogens is 312 g/mol. The van der Waals surface area contributed by atoms with E-state index < -0.39 is 5.60 Å². The van der Waals surface area contributed by atoms with Crippen LogP contribution < -0.4 is 10.1 Å². The third kappa shape index (κ3) is 4.77. The molecule has 1 atom stereocenters. The van der Waals surface area contributed by atoms with Crippen LogP contribution in [0.3, 0.4) is 0 Å². The number of aromatic nitrogens is 1. The normalized spacial score (nSPS) is 13.6. The SMILES string of the molecule is CC(C)COc1ncccc1C(=O)NCC(C)(O)c1ccsc1. The number of pyridine rings is 1. The molecule has 6 heteroatoms. The fourth-order valence-electron chi connectivity index (χ4n) is 1.94. The Labute approximate surface area is 140 Å². The van der Waals surface area contributed by atoms with Crippen LogP contribution in [0.5, 0.6) is 5.88 Å². The molecule has 2 aromatic rings. The van der Waals surface area contributed by atoms with Crippen LogP contribution in [0.15, 0.2) is 35.2 Å². The van der Waals surface area contributed by atoms with Crippen molar-refractivity contribution in [2.45, 2.75) is 26.4 Å². The van der Waals surface area contributed by atoms with Crippen molar-refractivity contribution in [2.75, 3.05) is 13.2 Å². The number of aliphatic hydroxyl groups is 1. The molecule has 0 saturated heterocycles. The molecule has 2 aromatic heterocycles. The molecule has 0 aliphatic carbocycles. The summed E-state index contributed by atoms with van der Waals surface area (Å²) in [6.45, 7) is 6.33. The lowest BCUT2D eigenvalue weighted by molar-refractivity contribution is 0.0528. The third-order valence-electron chi connectivity index (χ3n) is 3.31. The number of amides is 1. The smallest absolute Gasteiger partial charge is 0.256 e. The van der Waals surface area contributed by atoms with Crippen LogP contribution in [0.1, 0.15) is 36.7 Å². The van der Waals surface area contributed by atoms with Crippen molar-refractivity contribution in [2.24, 2.45) is 5.92 Å². The fraction of sp³-hybridized carbons (Fsp3) is 0.412. The second kappa shape index (κ2) is 7.57. The zero-order valence-corrected chi connectivity index (χ0v) is 14.4. The second-order valence-corrected chi connectivity index (χ2v) is 6.81. The summed E-state index contributed by atoms with van der Waals surface area (Å²) in [5, 5.41) is 17.0. The van der Waals surface area contributed by atoms with Crippen molar-refractivity contribution >= 4 is 17.2 Å². The first kappa shape index (κ1) is 17.4. The van der Waals surface area contributed by atoms with Crippen LogP contribution in [-0.4, -0.2) is 29.1 Å². The van der Waals surface area contributed by atoms with Crippen LogP contribution in [0, 0.1) is 5.92 Å². The standard InChI is InChI=1S/C17H22N2O3S/c1-12(2)9-22-16-14(5-4-7-18-16)15(20)19-11-17(3,21)13-6-8-23-10-13/h4-8,10,12,21H,9,11H2,1-3H3,(H,19,20).